The lowest BCUT2D eigenvalue weighted by atomic mass is 10.1. The summed E-state index contributed by atoms with van der Waals surface area (Å²) in [7, 11) is 0. The predicted molar refractivity (Wildman–Crippen MR) is 60.1 cm³/mol. The van der Waals surface area contributed by atoms with Gasteiger partial charge >= 0.3 is 6.09 Å². The summed E-state index contributed by atoms with van der Waals surface area (Å²) in [5.41, 5.74) is -0.696. The summed E-state index contributed by atoms with van der Waals surface area (Å²) in [6, 6.07) is 9.04. The van der Waals surface area contributed by atoms with Crippen molar-refractivity contribution in [1.29, 1.82) is 0 Å². The van der Waals surface area contributed by atoms with E-state index >= 15 is 0 Å². The molecule has 1 rings (SSSR count). The molecule has 0 saturated carbocycles. The van der Waals surface area contributed by atoms with Crippen molar-refractivity contribution in [1.82, 2.24) is 5.32 Å². The molecule has 0 heterocycles. The van der Waals surface area contributed by atoms with Crippen LogP contribution in [0, 0.1) is 0 Å². The zero-order chi connectivity index (χ0) is 12.7. The second-order valence-corrected chi connectivity index (χ2v) is 4.01. The fraction of sp³-hybridized carbons (Fsp3) is 0.417. The molecule has 0 aliphatic carbocycles. The average Bonchev–Trinajstić information content (AvgIpc) is 2.37. The van der Waals surface area contributed by atoms with Gasteiger partial charge in [0, 0.05) is 0 Å². The van der Waals surface area contributed by atoms with Crippen LogP contribution in [-0.4, -0.2) is 25.0 Å². The van der Waals surface area contributed by atoms with Gasteiger partial charge < -0.3 is 10.1 Å². The summed E-state index contributed by atoms with van der Waals surface area (Å²) >= 11 is 0. The van der Waals surface area contributed by atoms with E-state index in [9.17, 15) is 13.6 Å². The molecule has 1 aromatic carbocycles. The fourth-order valence-corrected chi connectivity index (χ4v) is 1.11. The van der Waals surface area contributed by atoms with Crippen LogP contribution in [0.4, 0.5) is 13.6 Å². The van der Waals surface area contributed by atoms with E-state index in [0.717, 1.165) is 5.56 Å². The molecule has 0 bridgehead atoms. The van der Waals surface area contributed by atoms with Gasteiger partial charge in [-0.2, -0.15) is 0 Å². The van der Waals surface area contributed by atoms with E-state index in [4.69, 9.17) is 4.74 Å². The van der Waals surface area contributed by atoms with E-state index in [1.165, 1.54) is 6.92 Å². The molecular formula is C12H15F2NO2. The van der Waals surface area contributed by atoms with E-state index < -0.39 is 25.0 Å². The highest BCUT2D eigenvalue weighted by Crippen LogP contribution is 2.07. The Balaban J connectivity index is 2.40. The van der Waals surface area contributed by atoms with E-state index in [2.05, 4.69) is 5.32 Å². The molecule has 1 N–H and O–H groups in total. The molecule has 1 amide bonds. The monoisotopic (exact) mass is 243 g/mol. The summed E-state index contributed by atoms with van der Waals surface area (Å²) in [6.07, 6.45) is -0.827. The van der Waals surface area contributed by atoms with Crippen molar-refractivity contribution in [3.8, 4) is 0 Å². The van der Waals surface area contributed by atoms with Crippen LogP contribution >= 0.6 is 0 Å². The molecule has 3 nitrogen and oxygen atoms in total. The van der Waals surface area contributed by atoms with Crippen LogP contribution in [0.15, 0.2) is 30.3 Å². The van der Waals surface area contributed by atoms with Crippen LogP contribution in [0.25, 0.3) is 0 Å². The lowest BCUT2D eigenvalue weighted by Gasteiger charge is -2.23. The van der Waals surface area contributed by atoms with Gasteiger partial charge in [-0.3, -0.25) is 0 Å². The summed E-state index contributed by atoms with van der Waals surface area (Å²) < 4.78 is 29.8. The zero-order valence-electron chi connectivity index (χ0n) is 9.58. The Morgan fingerprint density at radius 3 is 2.41 bits per heavy atom. The Hall–Kier alpha value is -1.65. The van der Waals surface area contributed by atoms with Gasteiger partial charge in [-0.05, 0) is 12.5 Å². The number of amides is 1. The van der Waals surface area contributed by atoms with E-state index in [1.54, 1.807) is 12.1 Å². The second-order valence-electron chi connectivity index (χ2n) is 4.01. The predicted octanol–water partition coefficient (Wildman–Crippen LogP) is 2.61. The van der Waals surface area contributed by atoms with Gasteiger partial charge in [-0.25, -0.2) is 13.6 Å². The quantitative estimate of drug-likeness (QED) is 0.863. The fourth-order valence-electron chi connectivity index (χ4n) is 1.11. The first-order valence-corrected chi connectivity index (χ1v) is 5.20. The third-order valence-electron chi connectivity index (χ3n) is 2.21. The molecule has 94 valence electrons. The highest BCUT2D eigenvalue weighted by molar-refractivity contribution is 5.68. The molecule has 0 aromatic heterocycles. The van der Waals surface area contributed by atoms with Crippen LogP contribution < -0.4 is 5.32 Å². The Labute approximate surface area is 98.8 Å². The van der Waals surface area contributed by atoms with E-state index in [1.807, 2.05) is 18.2 Å². The van der Waals surface area contributed by atoms with Gasteiger partial charge in [-0.15, -0.1) is 0 Å². The normalized spacial score (nSPS) is 11.0. The lowest BCUT2D eigenvalue weighted by molar-refractivity contribution is 0.116. The van der Waals surface area contributed by atoms with E-state index in [-0.39, 0.29) is 6.61 Å². The Morgan fingerprint density at radius 2 is 1.88 bits per heavy atom. The number of halogens is 2. The minimum atomic E-state index is -1.51. The number of carbonyl (C=O) groups excluding carboxylic acids is 1. The van der Waals surface area contributed by atoms with Gasteiger partial charge in [0.15, 0.2) is 0 Å². The number of benzene rings is 1. The van der Waals surface area contributed by atoms with Crippen molar-refractivity contribution in [2.75, 3.05) is 13.3 Å². The molecule has 0 saturated heterocycles. The van der Waals surface area contributed by atoms with Crippen LogP contribution in [-0.2, 0) is 11.3 Å². The van der Waals surface area contributed by atoms with Crippen LogP contribution in [0.5, 0.6) is 0 Å². The second kappa shape index (κ2) is 6.18. The molecule has 1 aromatic rings. The number of hydrogen-bond acceptors (Lipinski definition) is 2. The molecule has 0 aliphatic heterocycles. The first-order valence-electron chi connectivity index (χ1n) is 5.20. The Morgan fingerprint density at radius 1 is 1.29 bits per heavy atom. The third-order valence-corrected chi connectivity index (χ3v) is 2.21. The SMILES string of the molecule is CC(CF)(CF)NC(=O)OCc1ccccc1. The number of carbonyl (C=O) groups is 1. The van der Waals surface area contributed by atoms with E-state index in [0.29, 0.717) is 0 Å². The Bertz CT molecular complexity index is 353. The third kappa shape index (κ3) is 4.38. The Kier molecular flexibility index (Phi) is 4.87. The minimum absolute atomic E-state index is 0.0708. The zero-order valence-corrected chi connectivity index (χ0v) is 9.58. The van der Waals surface area contributed by atoms with Crippen molar-refractivity contribution in [2.45, 2.75) is 19.1 Å². The molecule has 0 atom stereocenters. The summed E-state index contributed by atoms with van der Waals surface area (Å²) in [5, 5.41) is 2.15. The van der Waals surface area contributed by atoms with Gasteiger partial charge in [0.1, 0.15) is 20.0 Å². The number of ether oxygens (including phenoxy) is 1. The van der Waals surface area contributed by atoms with Crippen molar-refractivity contribution in [3.63, 3.8) is 0 Å². The van der Waals surface area contributed by atoms with Crippen LogP contribution in [0.1, 0.15) is 12.5 Å². The van der Waals surface area contributed by atoms with Crippen LogP contribution in [0.2, 0.25) is 0 Å². The van der Waals surface area contributed by atoms with Gasteiger partial charge in [0.2, 0.25) is 0 Å². The van der Waals surface area contributed by atoms with Crippen molar-refractivity contribution < 1.29 is 18.3 Å². The van der Waals surface area contributed by atoms with Crippen molar-refractivity contribution in [2.24, 2.45) is 0 Å². The molecular weight excluding hydrogens is 228 g/mol. The first kappa shape index (κ1) is 13.4. The maximum Gasteiger partial charge on any atom is 0.408 e. The molecule has 0 spiro atoms. The maximum atomic E-state index is 12.5. The maximum absolute atomic E-state index is 12.5. The molecule has 0 aliphatic rings. The topological polar surface area (TPSA) is 38.3 Å². The molecule has 17 heavy (non-hydrogen) atoms. The van der Waals surface area contributed by atoms with Crippen LogP contribution in [0.3, 0.4) is 0 Å². The largest absolute Gasteiger partial charge is 0.445 e. The molecule has 0 radical (unpaired) electrons. The lowest BCUT2D eigenvalue weighted by Crippen LogP contribution is -2.49. The number of hydrogen-bond donors (Lipinski definition) is 1. The number of alkyl halides is 2. The summed E-state index contributed by atoms with van der Waals surface area (Å²) in [4.78, 5) is 11.3. The first-order chi connectivity index (χ1) is 8.09. The number of alkyl carbamates (subject to hydrolysis) is 1. The summed E-state index contributed by atoms with van der Waals surface area (Å²) in [5.74, 6) is 0. The molecule has 0 fully saturated rings. The molecule has 0 unspecified atom stereocenters. The van der Waals surface area contributed by atoms with Gasteiger partial charge in [0.05, 0.1) is 5.54 Å². The minimum Gasteiger partial charge on any atom is -0.445 e. The summed E-state index contributed by atoms with van der Waals surface area (Å²) in [6.45, 7) is -0.619. The van der Waals surface area contributed by atoms with Crippen molar-refractivity contribution >= 4 is 6.09 Å². The van der Waals surface area contributed by atoms with Crippen molar-refractivity contribution in [3.05, 3.63) is 35.9 Å². The smallest absolute Gasteiger partial charge is 0.408 e. The highest BCUT2D eigenvalue weighted by Gasteiger charge is 2.27. The number of rotatable bonds is 5. The standard InChI is InChI=1S/C12H15F2NO2/c1-12(8-13,9-14)15-11(16)17-7-10-5-3-2-4-6-10/h2-6H,7-9H2,1H3,(H,15,16). The van der Waals surface area contributed by atoms with Gasteiger partial charge in [-0.1, -0.05) is 30.3 Å². The van der Waals surface area contributed by atoms with Gasteiger partial charge in [0.25, 0.3) is 0 Å². The average molecular weight is 243 g/mol. The molecule has 5 heteroatoms. The number of nitrogens with one attached hydrogen (secondary N) is 1. The highest BCUT2D eigenvalue weighted by atomic mass is 19.1.